The lowest BCUT2D eigenvalue weighted by Gasteiger charge is -2.03. The lowest BCUT2D eigenvalue weighted by atomic mass is 10.4. The van der Waals surface area contributed by atoms with Crippen molar-refractivity contribution in [2.45, 2.75) is 13.5 Å². The molecule has 0 bridgehead atoms. The molecule has 0 atom stereocenters. The molecule has 15 heavy (non-hydrogen) atoms. The zero-order chi connectivity index (χ0) is 10.7. The van der Waals surface area contributed by atoms with Gasteiger partial charge in [0.25, 0.3) is 5.56 Å². The van der Waals surface area contributed by atoms with Gasteiger partial charge in [0.1, 0.15) is 5.76 Å². The molecule has 2 rings (SSSR count). The minimum absolute atomic E-state index is 0.163. The monoisotopic (exact) mass is 205 g/mol. The van der Waals surface area contributed by atoms with Crippen molar-refractivity contribution in [3.8, 4) is 0 Å². The molecule has 0 unspecified atom stereocenters. The number of aromatic nitrogens is 2. The van der Waals surface area contributed by atoms with Crippen LogP contribution in [0.25, 0.3) is 0 Å². The standard InChI is InChI=1S/C10H11N3O2/c1-7-5-9(14)13-10(12-7)11-6-8-3-2-4-15-8/h2-5H,6H2,1H3,(H2,11,12,13,14). The van der Waals surface area contributed by atoms with Gasteiger partial charge in [0.15, 0.2) is 0 Å². The number of hydrogen-bond donors (Lipinski definition) is 2. The lowest BCUT2D eigenvalue weighted by Crippen LogP contribution is -2.12. The second-order valence-electron chi connectivity index (χ2n) is 3.17. The molecule has 2 heterocycles. The Morgan fingerprint density at radius 3 is 3.13 bits per heavy atom. The summed E-state index contributed by atoms with van der Waals surface area (Å²) in [6.07, 6.45) is 1.60. The Morgan fingerprint density at radius 1 is 1.60 bits per heavy atom. The summed E-state index contributed by atoms with van der Waals surface area (Å²) in [6.45, 7) is 2.27. The number of rotatable bonds is 3. The van der Waals surface area contributed by atoms with E-state index in [2.05, 4.69) is 15.3 Å². The highest BCUT2D eigenvalue weighted by Gasteiger charge is 1.99. The molecular formula is C10H11N3O2. The van der Waals surface area contributed by atoms with Gasteiger partial charge in [0.05, 0.1) is 12.8 Å². The molecule has 0 aliphatic heterocycles. The Bertz CT molecular complexity index is 488. The molecule has 0 spiro atoms. The van der Waals surface area contributed by atoms with Gasteiger partial charge in [-0.15, -0.1) is 0 Å². The van der Waals surface area contributed by atoms with Crippen molar-refractivity contribution in [2.75, 3.05) is 5.32 Å². The average Bonchev–Trinajstić information content (AvgIpc) is 2.65. The van der Waals surface area contributed by atoms with Gasteiger partial charge in [0, 0.05) is 11.8 Å². The minimum atomic E-state index is -0.163. The zero-order valence-electron chi connectivity index (χ0n) is 8.28. The van der Waals surface area contributed by atoms with Crippen molar-refractivity contribution in [1.29, 1.82) is 0 Å². The fourth-order valence-electron chi connectivity index (χ4n) is 1.25. The first-order valence-corrected chi connectivity index (χ1v) is 4.58. The normalized spacial score (nSPS) is 10.2. The van der Waals surface area contributed by atoms with E-state index < -0.39 is 0 Å². The molecule has 2 aromatic heterocycles. The van der Waals surface area contributed by atoms with Gasteiger partial charge in [-0.3, -0.25) is 9.78 Å². The molecular weight excluding hydrogens is 194 g/mol. The van der Waals surface area contributed by atoms with Crippen LogP contribution in [-0.2, 0) is 6.54 Å². The fraction of sp³-hybridized carbons (Fsp3) is 0.200. The number of nitrogens with zero attached hydrogens (tertiary/aromatic N) is 1. The maximum absolute atomic E-state index is 11.1. The van der Waals surface area contributed by atoms with Crippen LogP contribution in [0.2, 0.25) is 0 Å². The lowest BCUT2D eigenvalue weighted by molar-refractivity contribution is 0.517. The fourth-order valence-corrected chi connectivity index (χ4v) is 1.25. The Hall–Kier alpha value is -2.04. The van der Waals surface area contributed by atoms with E-state index in [0.717, 1.165) is 5.76 Å². The van der Waals surface area contributed by atoms with Gasteiger partial charge >= 0.3 is 0 Å². The number of anilines is 1. The van der Waals surface area contributed by atoms with Crippen molar-refractivity contribution in [1.82, 2.24) is 9.97 Å². The maximum atomic E-state index is 11.1. The Labute approximate surface area is 86.2 Å². The van der Waals surface area contributed by atoms with Crippen molar-refractivity contribution in [3.63, 3.8) is 0 Å². The van der Waals surface area contributed by atoms with Crippen molar-refractivity contribution >= 4 is 5.95 Å². The van der Waals surface area contributed by atoms with Gasteiger partial charge in [-0.25, -0.2) is 4.98 Å². The van der Waals surface area contributed by atoms with Crippen LogP contribution in [0.4, 0.5) is 5.95 Å². The van der Waals surface area contributed by atoms with Gasteiger partial charge < -0.3 is 9.73 Å². The zero-order valence-corrected chi connectivity index (χ0v) is 8.28. The third-order valence-electron chi connectivity index (χ3n) is 1.88. The Kier molecular flexibility index (Phi) is 2.53. The summed E-state index contributed by atoms with van der Waals surface area (Å²) in [5.74, 6) is 1.25. The highest BCUT2D eigenvalue weighted by atomic mass is 16.3. The van der Waals surface area contributed by atoms with Crippen molar-refractivity contribution in [2.24, 2.45) is 0 Å². The van der Waals surface area contributed by atoms with Crippen LogP contribution in [-0.4, -0.2) is 9.97 Å². The molecule has 5 nitrogen and oxygen atoms in total. The summed E-state index contributed by atoms with van der Waals surface area (Å²) in [6, 6.07) is 5.10. The summed E-state index contributed by atoms with van der Waals surface area (Å²) >= 11 is 0. The SMILES string of the molecule is Cc1cc(=O)[nH]c(NCc2ccco2)n1. The van der Waals surface area contributed by atoms with Crippen LogP contribution in [0, 0.1) is 6.92 Å². The van der Waals surface area contributed by atoms with Gasteiger partial charge in [0.2, 0.25) is 5.95 Å². The number of H-pyrrole nitrogens is 1. The molecule has 0 fully saturated rings. The van der Waals surface area contributed by atoms with E-state index in [1.54, 1.807) is 13.2 Å². The first-order chi connectivity index (χ1) is 7.24. The first kappa shape index (κ1) is 9.51. The topological polar surface area (TPSA) is 70.9 Å². The van der Waals surface area contributed by atoms with Crippen LogP contribution in [0.15, 0.2) is 33.7 Å². The largest absolute Gasteiger partial charge is 0.467 e. The van der Waals surface area contributed by atoms with Crippen LogP contribution in [0.5, 0.6) is 0 Å². The van der Waals surface area contributed by atoms with E-state index in [1.165, 1.54) is 6.07 Å². The summed E-state index contributed by atoms with van der Waals surface area (Å²) in [5, 5.41) is 2.97. The highest BCUT2D eigenvalue weighted by Crippen LogP contribution is 2.03. The number of furan rings is 1. The second-order valence-corrected chi connectivity index (χ2v) is 3.17. The number of aromatic amines is 1. The quantitative estimate of drug-likeness (QED) is 0.791. The molecule has 2 aromatic rings. The summed E-state index contributed by atoms with van der Waals surface area (Å²) in [5.41, 5.74) is 0.519. The third-order valence-corrected chi connectivity index (χ3v) is 1.88. The van der Waals surface area contributed by atoms with Crippen molar-refractivity contribution < 1.29 is 4.42 Å². The van der Waals surface area contributed by atoms with E-state index in [1.807, 2.05) is 12.1 Å². The predicted molar refractivity (Wildman–Crippen MR) is 55.6 cm³/mol. The van der Waals surface area contributed by atoms with E-state index in [9.17, 15) is 4.79 Å². The van der Waals surface area contributed by atoms with E-state index in [-0.39, 0.29) is 5.56 Å². The third kappa shape index (κ3) is 2.46. The van der Waals surface area contributed by atoms with Gasteiger partial charge in [-0.1, -0.05) is 0 Å². The molecule has 0 amide bonds. The summed E-state index contributed by atoms with van der Waals surface area (Å²) in [7, 11) is 0. The molecule has 0 radical (unpaired) electrons. The van der Waals surface area contributed by atoms with Crippen LogP contribution >= 0.6 is 0 Å². The van der Waals surface area contributed by atoms with Gasteiger partial charge in [-0.05, 0) is 19.1 Å². The number of aryl methyl sites for hydroxylation is 1. The second kappa shape index (κ2) is 4.00. The maximum Gasteiger partial charge on any atom is 0.252 e. The molecule has 2 N–H and O–H groups in total. The van der Waals surface area contributed by atoms with Gasteiger partial charge in [-0.2, -0.15) is 0 Å². The van der Waals surface area contributed by atoms with Crippen LogP contribution in [0.1, 0.15) is 11.5 Å². The molecule has 78 valence electrons. The van der Waals surface area contributed by atoms with Crippen LogP contribution < -0.4 is 10.9 Å². The molecule has 0 aliphatic carbocycles. The Balaban J connectivity index is 2.08. The molecule has 0 saturated carbocycles. The molecule has 5 heteroatoms. The molecule has 0 aliphatic rings. The van der Waals surface area contributed by atoms with Crippen molar-refractivity contribution in [3.05, 3.63) is 46.3 Å². The number of nitrogens with one attached hydrogen (secondary N) is 2. The molecule has 0 aromatic carbocycles. The van der Waals surface area contributed by atoms with E-state index in [0.29, 0.717) is 18.2 Å². The summed E-state index contributed by atoms with van der Waals surface area (Å²) in [4.78, 5) is 17.8. The average molecular weight is 205 g/mol. The van der Waals surface area contributed by atoms with Crippen LogP contribution in [0.3, 0.4) is 0 Å². The van der Waals surface area contributed by atoms with E-state index >= 15 is 0 Å². The number of hydrogen-bond acceptors (Lipinski definition) is 4. The van der Waals surface area contributed by atoms with E-state index in [4.69, 9.17) is 4.42 Å². The summed E-state index contributed by atoms with van der Waals surface area (Å²) < 4.78 is 5.13. The first-order valence-electron chi connectivity index (χ1n) is 4.58. The smallest absolute Gasteiger partial charge is 0.252 e. The highest BCUT2D eigenvalue weighted by molar-refractivity contribution is 5.25. The predicted octanol–water partition coefficient (Wildman–Crippen LogP) is 1.28. The minimum Gasteiger partial charge on any atom is -0.467 e. The molecule has 0 saturated heterocycles. The Morgan fingerprint density at radius 2 is 2.47 bits per heavy atom.